The number of rotatable bonds is 3. The molecule has 0 unspecified atom stereocenters. The summed E-state index contributed by atoms with van der Waals surface area (Å²) in [5.74, 6) is 2.58. The average Bonchev–Trinajstić information content (AvgIpc) is 3.23. The van der Waals surface area contributed by atoms with Crippen LogP contribution in [0.5, 0.6) is 0 Å². The molecule has 30 heavy (non-hydrogen) atoms. The lowest BCUT2D eigenvalue weighted by Crippen LogP contribution is -2.36. The van der Waals surface area contributed by atoms with Crippen molar-refractivity contribution in [1.29, 1.82) is 0 Å². The molecular weight excluding hydrogens is 380 g/mol. The number of hydrogen-bond donors (Lipinski definition) is 0. The molecule has 2 aromatic heterocycles. The predicted molar refractivity (Wildman–Crippen MR) is 110 cm³/mol. The molecular formula is C23H24N4O3. The normalized spacial score (nSPS) is 17.0. The lowest BCUT2D eigenvalue weighted by atomic mass is 10.0. The number of ether oxygens (including phenoxy) is 1. The SMILES string of the molecule is Cc1ncc(C(=O)N2CCc3oc(C4CCOCC4)nc3C2)c(-c2ccccc2)n1. The van der Waals surface area contributed by atoms with Crippen molar-refractivity contribution in [3.63, 3.8) is 0 Å². The monoisotopic (exact) mass is 404 g/mol. The van der Waals surface area contributed by atoms with Crippen LogP contribution >= 0.6 is 0 Å². The van der Waals surface area contributed by atoms with Crippen LogP contribution in [0.25, 0.3) is 11.3 Å². The fourth-order valence-corrected chi connectivity index (χ4v) is 4.12. The first-order valence-electron chi connectivity index (χ1n) is 10.4. The van der Waals surface area contributed by atoms with Crippen molar-refractivity contribution >= 4 is 5.91 Å². The molecule has 0 saturated carbocycles. The van der Waals surface area contributed by atoms with Gasteiger partial charge in [-0.3, -0.25) is 4.79 Å². The summed E-state index contributed by atoms with van der Waals surface area (Å²) < 4.78 is 11.5. The van der Waals surface area contributed by atoms with Gasteiger partial charge in [-0.25, -0.2) is 15.0 Å². The molecule has 1 amide bonds. The summed E-state index contributed by atoms with van der Waals surface area (Å²) in [7, 11) is 0. The zero-order chi connectivity index (χ0) is 20.5. The first kappa shape index (κ1) is 18.9. The third kappa shape index (κ3) is 3.61. The van der Waals surface area contributed by atoms with E-state index in [0.29, 0.717) is 42.5 Å². The Balaban J connectivity index is 1.40. The molecule has 1 fully saturated rings. The van der Waals surface area contributed by atoms with E-state index in [0.717, 1.165) is 49.0 Å². The van der Waals surface area contributed by atoms with Crippen LogP contribution in [0, 0.1) is 6.92 Å². The Hall–Kier alpha value is -3.06. The van der Waals surface area contributed by atoms with Crippen molar-refractivity contribution < 1.29 is 13.9 Å². The molecule has 0 aliphatic carbocycles. The second-order valence-electron chi connectivity index (χ2n) is 7.83. The Morgan fingerprint density at radius 3 is 2.73 bits per heavy atom. The highest BCUT2D eigenvalue weighted by Crippen LogP contribution is 2.31. The first-order chi connectivity index (χ1) is 14.7. The fourth-order valence-electron chi connectivity index (χ4n) is 4.12. The summed E-state index contributed by atoms with van der Waals surface area (Å²) in [5.41, 5.74) is 2.96. The van der Waals surface area contributed by atoms with Crippen molar-refractivity contribution in [1.82, 2.24) is 19.9 Å². The molecule has 7 heteroatoms. The Labute approximate surface area is 175 Å². The van der Waals surface area contributed by atoms with Gasteiger partial charge >= 0.3 is 0 Å². The highest BCUT2D eigenvalue weighted by Gasteiger charge is 2.30. The highest BCUT2D eigenvalue weighted by atomic mass is 16.5. The first-order valence-corrected chi connectivity index (χ1v) is 10.4. The van der Waals surface area contributed by atoms with Crippen molar-refractivity contribution in [3.05, 3.63) is 65.3 Å². The molecule has 2 aliphatic rings. The van der Waals surface area contributed by atoms with Gasteiger partial charge in [-0.1, -0.05) is 30.3 Å². The summed E-state index contributed by atoms with van der Waals surface area (Å²) in [6, 6.07) is 9.77. The zero-order valence-corrected chi connectivity index (χ0v) is 17.0. The molecule has 1 aromatic carbocycles. The van der Waals surface area contributed by atoms with Crippen LogP contribution in [0.1, 0.15) is 52.3 Å². The molecule has 3 aromatic rings. The van der Waals surface area contributed by atoms with E-state index in [9.17, 15) is 4.79 Å². The van der Waals surface area contributed by atoms with Gasteiger partial charge in [0, 0.05) is 43.9 Å². The van der Waals surface area contributed by atoms with E-state index in [1.54, 1.807) is 6.20 Å². The minimum absolute atomic E-state index is 0.0740. The summed E-state index contributed by atoms with van der Waals surface area (Å²) in [5, 5.41) is 0. The van der Waals surface area contributed by atoms with Crippen molar-refractivity contribution in [2.24, 2.45) is 0 Å². The van der Waals surface area contributed by atoms with Crippen LogP contribution in [0.3, 0.4) is 0 Å². The van der Waals surface area contributed by atoms with Crippen molar-refractivity contribution in [3.8, 4) is 11.3 Å². The molecule has 154 valence electrons. The number of carbonyl (C=O) groups is 1. The Morgan fingerprint density at radius 2 is 1.93 bits per heavy atom. The predicted octanol–water partition coefficient (Wildman–Crippen LogP) is 3.53. The number of amides is 1. The second kappa shape index (κ2) is 7.99. The molecule has 0 spiro atoms. The van der Waals surface area contributed by atoms with Gasteiger partial charge in [-0.05, 0) is 19.8 Å². The van der Waals surface area contributed by atoms with Crippen LogP contribution in [0.2, 0.25) is 0 Å². The standard InChI is InChI=1S/C23H24N4O3/c1-15-24-13-18(21(25-15)16-5-3-2-4-6-16)23(28)27-10-7-20-19(14-27)26-22(30-20)17-8-11-29-12-9-17/h2-6,13,17H,7-12,14H2,1H3. The molecule has 0 atom stereocenters. The molecule has 5 rings (SSSR count). The number of hydrogen-bond acceptors (Lipinski definition) is 6. The van der Waals surface area contributed by atoms with E-state index < -0.39 is 0 Å². The van der Waals surface area contributed by atoms with Crippen LogP contribution in [-0.2, 0) is 17.7 Å². The molecule has 7 nitrogen and oxygen atoms in total. The molecule has 0 N–H and O–H groups in total. The number of nitrogens with zero attached hydrogens (tertiary/aromatic N) is 4. The minimum Gasteiger partial charge on any atom is -0.445 e. The maximum absolute atomic E-state index is 13.4. The minimum atomic E-state index is -0.0740. The van der Waals surface area contributed by atoms with E-state index in [2.05, 4.69) is 9.97 Å². The number of fused-ring (bicyclic) bond motifs is 1. The Bertz CT molecular complexity index is 1060. The molecule has 0 radical (unpaired) electrons. The molecule has 4 heterocycles. The lowest BCUT2D eigenvalue weighted by Gasteiger charge is -2.26. The Morgan fingerprint density at radius 1 is 1.13 bits per heavy atom. The zero-order valence-electron chi connectivity index (χ0n) is 17.0. The third-order valence-corrected chi connectivity index (χ3v) is 5.79. The van der Waals surface area contributed by atoms with Gasteiger partial charge in [-0.2, -0.15) is 0 Å². The Kier molecular flexibility index (Phi) is 5.04. The fraction of sp³-hybridized carbons (Fsp3) is 0.391. The van der Waals surface area contributed by atoms with Crippen LogP contribution in [0.4, 0.5) is 0 Å². The summed E-state index contributed by atoms with van der Waals surface area (Å²) in [4.78, 5) is 28.8. The topological polar surface area (TPSA) is 81.4 Å². The van der Waals surface area contributed by atoms with Gasteiger partial charge in [-0.15, -0.1) is 0 Å². The quantitative estimate of drug-likeness (QED) is 0.664. The maximum atomic E-state index is 13.4. The van der Waals surface area contributed by atoms with Crippen LogP contribution in [0.15, 0.2) is 40.9 Å². The van der Waals surface area contributed by atoms with Gasteiger partial charge in [0.15, 0.2) is 5.89 Å². The van der Waals surface area contributed by atoms with Gasteiger partial charge in [0.1, 0.15) is 17.3 Å². The van der Waals surface area contributed by atoms with Gasteiger partial charge in [0.25, 0.3) is 5.91 Å². The van der Waals surface area contributed by atoms with Crippen LogP contribution < -0.4 is 0 Å². The summed E-state index contributed by atoms with van der Waals surface area (Å²) in [6.07, 6.45) is 4.18. The van der Waals surface area contributed by atoms with Crippen molar-refractivity contribution in [2.45, 2.75) is 38.6 Å². The van der Waals surface area contributed by atoms with E-state index in [1.807, 2.05) is 42.2 Å². The molecule has 0 bridgehead atoms. The van der Waals surface area contributed by atoms with Crippen LogP contribution in [-0.4, -0.2) is 45.5 Å². The third-order valence-electron chi connectivity index (χ3n) is 5.79. The number of oxazole rings is 1. The van der Waals surface area contributed by atoms with E-state index in [4.69, 9.17) is 14.1 Å². The van der Waals surface area contributed by atoms with Gasteiger partial charge in [0.05, 0.1) is 17.8 Å². The number of aromatic nitrogens is 3. The molecule has 1 saturated heterocycles. The van der Waals surface area contributed by atoms with Gasteiger partial charge in [0.2, 0.25) is 0 Å². The summed E-state index contributed by atoms with van der Waals surface area (Å²) in [6.45, 7) is 4.37. The van der Waals surface area contributed by atoms with E-state index in [1.165, 1.54) is 0 Å². The number of aryl methyl sites for hydroxylation is 1. The average molecular weight is 404 g/mol. The largest absolute Gasteiger partial charge is 0.445 e. The number of benzene rings is 1. The molecule has 2 aliphatic heterocycles. The smallest absolute Gasteiger partial charge is 0.258 e. The second-order valence-corrected chi connectivity index (χ2v) is 7.83. The van der Waals surface area contributed by atoms with E-state index in [-0.39, 0.29) is 5.91 Å². The van der Waals surface area contributed by atoms with E-state index >= 15 is 0 Å². The maximum Gasteiger partial charge on any atom is 0.258 e. The lowest BCUT2D eigenvalue weighted by molar-refractivity contribution is 0.0725. The summed E-state index contributed by atoms with van der Waals surface area (Å²) >= 11 is 0. The highest BCUT2D eigenvalue weighted by molar-refractivity contribution is 5.99. The number of carbonyl (C=O) groups excluding carboxylic acids is 1. The van der Waals surface area contributed by atoms with Gasteiger partial charge < -0.3 is 14.1 Å². The van der Waals surface area contributed by atoms with Crippen molar-refractivity contribution in [2.75, 3.05) is 19.8 Å².